The van der Waals surface area contributed by atoms with E-state index in [0.717, 1.165) is 22.6 Å². The molecule has 4 heteroatoms. The maximum absolute atomic E-state index is 10.8. The number of aromatic carboxylic acids is 1. The highest BCUT2D eigenvalue weighted by molar-refractivity contribution is 6.31. The van der Waals surface area contributed by atoms with Crippen molar-refractivity contribution in [2.24, 2.45) is 0 Å². The van der Waals surface area contributed by atoms with E-state index >= 15 is 0 Å². The Balaban J connectivity index is 1.88. The molecule has 0 heterocycles. The molecule has 1 unspecified atom stereocenters. The van der Waals surface area contributed by atoms with Gasteiger partial charge in [-0.15, -0.1) is 0 Å². The number of halogens is 1. The fourth-order valence-corrected chi connectivity index (χ4v) is 2.34. The van der Waals surface area contributed by atoms with Gasteiger partial charge < -0.3 is 10.4 Å². The fourth-order valence-electron chi connectivity index (χ4n) is 2.12. The summed E-state index contributed by atoms with van der Waals surface area (Å²) in [6.07, 6.45) is 0.854. The van der Waals surface area contributed by atoms with Crippen molar-refractivity contribution in [3.8, 4) is 0 Å². The summed E-state index contributed by atoms with van der Waals surface area (Å²) in [5, 5.41) is 13.1. The van der Waals surface area contributed by atoms with Crippen LogP contribution in [0.1, 0.15) is 28.4 Å². The first-order chi connectivity index (χ1) is 10.1. The lowest BCUT2D eigenvalue weighted by molar-refractivity contribution is 0.0697. The molecule has 0 fully saturated rings. The minimum Gasteiger partial charge on any atom is -0.478 e. The Kier molecular flexibility index (Phi) is 5.37. The van der Waals surface area contributed by atoms with Gasteiger partial charge in [-0.05, 0) is 42.7 Å². The van der Waals surface area contributed by atoms with Gasteiger partial charge in [0.2, 0.25) is 0 Å². The van der Waals surface area contributed by atoms with Crippen molar-refractivity contribution in [2.45, 2.75) is 25.9 Å². The second-order valence-corrected chi connectivity index (χ2v) is 5.49. The molecule has 0 bridgehead atoms. The lowest BCUT2D eigenvalue weighted by atomic mass is 10.1. The molecule has 110 valence electrons. The lowest BCUT2D eigenvalue weighted by Gasteiger charge is -2.15. The van der Waals surface area contributed by atoms with Crippen LogP contribution in [0.3, 0.4) is 0 Å². The Labute approximate surface area is 129 Å². The second kappa shape index (κ2) is 7.25. The molecule has 0 aromatic heterocycles. The van der Waals surface area contributed by atoms with Crippen LogP contribution in [0.2, 0.25) is 5.02 Å². The number of nitrogens with one attached hydrogen (secondary N) is 1. The van der Waals surface area contributed by atoms with Crippen LogP contribution in [-0.2, 0) is 13.0 Å². The Morgan fingerprint density at radius 1 is 1.19 bits per heavy atom. The minimum absolute atomic E-state index is 0.282. The highest BCUT2D eigenvalue weighted by atomic mass is 35.5. The van der Waals surface area contributed by atoms with Gasteiger partial charge in [-0.3, -0.25) is 0 Å². The third kappa shape index (κ3) is 4.59. The van der Waals surface area contributed by atoms with Crippen molar-refractivity contribution in [3.05, 3.63) is 70.2 Å². The average molecular weight is 304 g/mol. The summed E-state index contributed by atoms with van der Waals surface area (Å²) in [5.74, 6) is -0.901. The summed E-state index contributed by atoms with van der Waals surface area (Å²) in [6.45, 7) is 2.81. The smallest absolute Gasteiger partial charge is 0.335 e. The van der Waals surface area contributed by atoms with E-state index in [9.17, 15) is 4.79 Å². The molecule has 0 saturated heterocycles. The van der Waals surface area contributed by atoms with E-state index in [-0.39, 0.29) is 6.04 Å². The van der Waals surface area contributed by atoms with Crippen LogP contribution in [0.25, 0.3) is 0 Å². The van der Waals surface area contributed by atoms with Crippen molar-refractivity contribution >= 4 is 17.6 Å². The number of carboxylic acids is 1. The molecular weight excluding hydrogens is 286 g/mol. The molecule has 2 aromatic rings. The minimum atomic E-state index is -0.901. The van der Waals surface area contributed by atoms with Crippen molar-refractivity contribution < 1.29 is 9.90 Å². The van der Waals surface area contributed by atoms with Crippen LogP contribution < -0.4 is 5.32 Å². The van der Waals surface area contributed by atoms with Crippen LogP contribution in [0.15, 0.2) is 48.5 Å². The van der Waals surface area contributed by atoms with Gasteiger partial charge in [0.15, 0.2) is 0 Å². The monoisotopic (exact) mass is 303 g/mol. The molecule has 0 aliphatic heterocycles. The molecule has 0 amide bonds. The number of rotatable bonds is 6. The molecule has 21 heavy (non-hydrogen) atoms. The predicted molar refractivity (Wildman–Crippen MR) is 84.9 cm³/mol. The second-order valence-electron chi connectivity index (χ2n) is 5.08. The van der Waals surface area contributed by atoms with Gasteiger partial charge in [0.25, 0.3) is 0 Å². The Morgan fingerprint density at radius 3 is 2.48 bits per heavy atom. The zero-order valence-corrected chi connectivity index (χ0v) is 12.6. The van der Waals surface area contributed by atoms with Crippen molar-refractivity contribution in [1.29, 1.82) is 0 Å². The van der Waals surface area contributed by atoms with E-state index in [1.165, 1.54) is 0 Å². The maximum atomic E-state index is 10.8. The van der Waals surface area contributed by atoms with Crippen LogP contribution >= 0.6 is 11.6 Å². The summed E-state index contributed by atoms with van der Waals surface area (Å²) in [4.78, 5) is 10.8. The SMILES string of the molecule is CC(Cc1ccccc1Cl)NCc1ccc(C(=O)O)cc1. The highest BCUT2D eigenvalue weighted by Gasteiger charge is 2.07. The van der Waals surface area contributed by atoms with Gasteiger partial charge in [-0.1, -0.05) is 41.9 Å². The zero-order chi connectivity index (χ0) is 15.2. The molecule has 0 spiro atoms. The summed E-state index contributed by atoms with van der Waals surface area (Å²) in [7, 11) is 0. The third-order valence-electron chi connectivity index (χ3n) is 3.34. The summed E-state index contributed by atoms with van der Waals surface area (Å²) in [6, 6.07) is 15.0. The van der Waals surface area contributed by atoms with Gasteiger partial charge >= 0.3 is 5.97 Å². The van der Waals surface area contributed by atoms with Crippen LogP contribution in [0.4, 0.5) is 0 Å². The van der Waals surface area contributed by atoms with Crippen molar-refractivity contribution in [2.75, 3.05) is 0 Å². The number of hydrogen-bond donors (Lipinski definition) is 2. The summed E-state index contributed by atoms with van der Waals surface area (Å²) >= 11 is 6.15. The number of benzene rings is 2. The molecule has 0 saturated carbocycles. The largest absolute Gasteiger partial charge is 0.478 e. The van der Waals surface area contributed by atoms with Gasteiger partial charge in [-0.25, -0.2) is 4.79 Å². The molecule has 2 aromatic carbocycles. The number of hydrogen-bond acceptors (Lipinski definition) is 2. The number of carbonyl (C=O) groups is 1. The maximum Gasteiger partial charge on any atom is 0.335 e. The van der Waals surface area contributed by atoms with Crippen molar-refractivity contribution in [3.63, 3.8) is 0 Å². The molecular formula is C17H18ClNO2. The van der Waals surface area contributed by atoms with Gasteiger partial charge in [0.1, 0.15) is 0 Å². The molecule has 0 aliphatic rings. The fraction of sp³-hybridized carbons (Fsp3) is 0.235. The quantitative estimate of drug-likeness (QED) is 0.854. The van der Waals surface area contributed by atoms with Crippen LogP contribution in [-0.4, -0.2) is 17.1 Å². The average Bonchev–Trinajstić information content (AvgIpc) is 2.48. The topological polar surface area (TPSA) is 49.3 Å². The highest BCUT2D eigenvalue weighted by Crippen LogP contribution is 2.16. The zero-order valence-electron chi connectivity index (χ0n) is 11.8. The standard InChI is InChI=1S/C17H18ClNO2/c1-12(10-15-4-2-3-5-16(15)18)19-11-13-6-8-14(9-7-13)17(20)21/h2-9,12,19H,10-11H2,1H3,(H,20,21). The molecule has 1 atom stereocenters. The first kappa shape index (κ1) is 15.5. The Hall–Kier alpha value is -1.84. The molecule has 0 aliphatic carbocycles. The van der Waals surface area contributed by atoms with E-state index in [4.69, 9.17) is 16.7 Å². The van der Waals surface area contributed by atoms with Crippen molar-refractivity contribution in [1.82, 2.24) is 5.32 Å². The molecule has 0 radical (unpaired) electrons. The molecule has 2 N–H and O–H groups in total. The Bertz CT molecular complexity index is 610. The van der Waals surface area contributed by atoms with E-state index < -0.39 is 5.97 Å². The molecule has 2 rings (SSSR count). The van der Waals surface area contributed by atoms with Crippen LogP contribution in [0, 0.1) is 0 Å². The predicted octanol–water partition coefficient (Wildman–Crippen LogP) is 3.76. The summed E-state index contributed by atoms with van der Waals surface area (Å²) < 4.78 is 0. The number of carboxylic acid groups (broad SMARTS) is 1. The van der Waals surface area contributed by atoms with Gasteiger partial charge in [0, 0.05) is 17.6 Å². The van der Waals surface area contributed by atoms with Crippen LogP contribution in [0.5, 0.6) is 0 Å². The van der Waals surface area contributed by atoms with E-state index in [2.05, 4.69) is 12.2 Å². The molecule has 3 nitrogen and oxygen atoms in total. The van der Waals surface area contributed by atoms with Gasteiger partial charge in [0.05, 0.1) is 5.56 Å². The third-order valence-corrected chi connectivity index (χ3v) is 3.71. The van der Waals surface area contributed by atoms with E-state index in [1.807, 2.05) is 36.4 Å². The Morgan fingerprint density at radius 2 is 1.86 bits per heavy atom. The first-order valence-corrected chi connectivity index (χ1v) is 7.23. The first-order valence-electron chi connectivity index (χ1n) is 6.85. The summed E-state index contributed by atoms with van der Waals surface area (Å²) in [5.41, 5.74) is 2.49. The lowest BCUT2D eigenvalue weighted by Crippen LogP contribution is -2.27. The van der Waals surface area contributed by atoms with Gasteiger partial charge in [-0.2, -0.15) is 0 Å². The normalized spacial score (nSPS) is 12.1. The van der Waals surface area contributed by atoms with E-state index in [1.54, 1.807) is 12.1 Å². The van der Waals surface area contributed by atoms with E-state index in [0.29, 0.717) is 12.1 Å².